The van der Waals surface area contributed by atoms with E-state index in [-0.39, 0.29) is 48.2 Å². The Bertz CT molecular complexity index is 1130. The van der Waals surface area contributed by atoms with Crippen LogP contribution in [0.25, 0.3) is 0 Å². The van der Waals surface area contributed by atoms with Gasteiger partial charge in [-0.25, -0.2) is 4.79 Å². The molecule has 0 saturated carbocycles. The van der Waals surface area contributed by atoms with Crippen LogP contribution in [-0.4, -0.2) is 52.6 Å². The summed E-state index contributed by atoms with van der Waals surface area (Å²) in [5.74, 6) is -0.704. The van der Waals surface area contributed by atoms with E-state index in [0.717, 1.165) is 25.0 Å². The van der Waals surface area contributed by atoms with E-state index in [2.05, 4.69) is 16.0 Å². The maximum atomic E-state index is 13.0. The molecule has 0 aliphatic carbocycles. The molecule has 3 atom stereocenters. The molecule has 2 aromatic rings. The molecule has 11 heteroatoms. The number of halogens is 3. The predicted molar refractivity (Wildman–Crippen MR) is 126 cm³/mol. The number of amides is 3. The summed E-state index contributed by atoms with van der Waals surface area (Å²) in [4.78, 5) is 38.0. The lowest BCUT2D eigenvalue weighted by Crippen LogP contribution is -2.52. The highest BCUT2D eigenvalue weighted by Crippen LogP contribution is 2.36. The first-order valence-electron chi connectivity index (χ1n) is 11.7. The van der Waals surface area contributed by atoms with Crippen LogP contribution in [-0.2, 0) is 11.0 Å². The van der Waals surface area contributed by atoms with Gasteiger partial charge in [0.1, 0.15) is 0 Å². The Balaban J connectivity index is 1.29. The van der Waals surface area contributed by atoms with Crippen LogP contribution in [0.5, 0.6) is 0 Å². The first kappa shape index (κ1) is 25.3. The Morgan fingerprint density at radius 2 is 1.69 bits per heavy atom. The molecule has 2 aromatic carbocycles. The van der Waals surface area contributed by atoms with Crippen molar-refractivity contribution in [3.63, 3.8) is 0 Å². The van der Waals surface area contributed by atoms with Crippen LogP contribution in [0.15, 0.2) is 48.5 Å². The van der Waals surface area contributed by atoms with Crippen LogP contribution in [0.3, 0.4) is 0 Å². The van der Waals surface area contributed by atoms with Gasteiger partial charge in [-0.1, -0.05) is 18.2 Å². The molecule has 4 N–H and O–H groups in total. The third-order valence-corrected chi connectivity index (χ3v) is 6.60. The van der Waals surface area contributed by atoms with Gasteiger partial charge in [0.05, 0.1) is 16.8 Å². The standard InChI is InChI=1S/C25H27F3N4O4/c26-25(27,28)15-4-3-5-16(12-15)30-21-7-2-1-6-20(21)23(34)29-11-10-22(33)31-17-13-18-8-9-19(14-17)32(18)24(35)36/h1-7,12,17-19,30H,8-11,13-14H2,(H,29,34)(H,31,33)(H,35,36)/t17?,18-,19+. The van der Waals surface area contributed by atoms with Crippen molar-refractivity contribution in [2.24, 2.45) is 0 Å². The van der Waals surface area contributed by atoms with E-state index in [1.807, 2.05) is 0 Å². The van der Waals surface area contributed by atoms with E-state index in [1.165, 1.54) is 23.1 Å². The number of benzene rings is 2. The van der Waals surface area contributed by atoms with Gasteiger partial charge in [-0.15, -0.1) is 0 Å². The number of fused-ring (bicyclic) bond motifs is 2. The molecule has 1 unspecified atom stereocenters. The molecule has 36 heavy (non-hydrogen) atoms. The number of rotatable bonds is 7. The molecule has 0 spiro atoms. The molecule has 2 heterocycles. The smallest absolute Gasteiger partial charge is 0.416 e. The quantitative estimate of drug-likeness (QED) is 0.448. The third-order valence-electron chi connectivity index (χ3n) is 6.60. The van der Waals surface area contributed by atoms with Crippen molar-refractivity contribution >= 4 is 29.3 Å². The molecular formula is C25H27F3N4O4. The largest absolute Gasteiger partial charge is 0.465 e. The summed E-state index contributed by atoms with van der Waals surface area (Å²) in [6.07, 6.45) is -2.60. The van der Waals surface area contributed by atoms with Crippen LogP contribution < -0.4 is 16.0 Å². The molecule has 4 rings (SSSR count). The number of hydrogen-bond acceptors (Lipinski definition) is 4. The number of para-hydroxylation sites is 1. The highest BCUT2D eigenvalue weighted by molar-refractivity contribution is 6.00. The Hall–Kier alpha value is -3.76. The number of carbonyl (C=O) groups is 3. The van der Waals surface area contributed by atoms with Gasteiger partial charge in [0.2, 0.25) is 5.91 Å². The molecule has 2 aliphatic heterocycles. The fourth-order valence-electron chi connectivity index (χ4n) is 5.01. The second-order valence-corrected chi connectivity index (χ2v) is 9.07. The van der Waals surface area contributed by atoms with Gasteiger partial charge >= 0.3 is 12.3 Å². The first-order chi connectivity index (χ1) is 17.1. The number of nitrogens with zero attached hydrogens (tertiary/aromatic N) is 1. The third kappa shape index (κ3) is 5.89. The van der Waals surface area contributed by atoms with E-state index >= 15 is 0 Å². The summed E-state index contributed by atoms with van der Waals surface area (Å²) in [6.45, 7) is 0.0728. The van der Waals surface area contributed by atoms with Gasteiger partial charge in [-0.3, -0.25) is 9.59 Å². The lowest BCUT2D eigenvalue weighted by atomic mass is 9.97. The summed E-state index contributed by atoms with van der Waals surface area (Å²) < 4.78 is 39.0. The Morgan fingerprint density at radius 3 is 2.36 bits per heavy atom. The van der Waals surface area contributed by atoms with Crippen molar-refractivity contribution in [2.75, 3.05) is 11.9 Å². The lowest BCUT2D eigenvalue weighted by Gasteiger charge is -2.37. The number of nitrogens with one attached hydrogen (secondary N) is 3. The van der Waals surface area contributed by atoms with Gasteiger partial charge in [-0.05, 0) is 56.0 Å². The zero-order valence-electron chi connectivity index (χ0n) is 19.3. The molecule has 2 bridgehead atoms. The number of carbonyl (C=O) groups excluding carboxylic acids is 2. The number of carboxylic acid groups (broad SMARTS) is 1. The topological polar surface area (TPSA) is 111 Å². The molecule has 0 radical (unpaired) electrons. The number of piperidine rings is 1. The summed E-state index contributed by atoms with van der Waals surface area (Å²) in [5, 5.41) is 17.8. The van der Waals surface area contributed by atoms with Crippen molar-refractivity contribution in [3.8, 4) is 0 Å². The zero-order chi connectivity index (χ0) is 25.9. The van der Waals surface area contributed by atoms with E-state index < -0.39 is 23.7 Å². The Morgan fingerprint density at radius 1 is 1.00 bits per heavy atom. The predicted octanol–water partition coefficient (Wildman–Crippen LogP) is 4.36. The molecule has 2 saturated heterocycles. The van der Waals surface area contributed by atoms with Crippen LogP contribution >= 0.6 is 0 Å². The fraction of sp³-hybridized carbons (Fsp3) is 0.400. The lowest BCUT2D eigenvalue weighted by molar-refractivity contribution is -0.137. The average molecular weight is 505 g/mol. The van der Waals surface area contributed by atoms with Gasteiger partial charge in [-0.2, -0.15) is 13.2 Å². The highest BCUT2D eigenvalue weighted by Gasteiger charge is 2.43. The number of hydrogen-bond donors (Lipinski definition) is 4. The molecule has 3 amide bonds. The summed E-state index contributed by atoms with van der Waals surface area (Å²) in [5.41, 5.74) is -0.0539. The van der Waals surface area contributed by atoms with Crippen LogP contribution in [0.4, 0.5) is 29.3 Å². The second-order valence-electron chi connectivity index (χ2n) is 9.07. The monoisotopic (exact) mass is 504 g/mol. The minimum absolute atomic E-state index is 0.0451. The molecule has 2 fully saturated rings. The van der Waals surface area contributed by atoms with Gasteiger partial charge in [0, 0.05) is 36.8 Å². The first-order valence-corrected chi connectivity index (χ1v) is 11.7. The van der Waals surface area contributed by atoms with Gasteiger partial charge in [0.25, 0.3) is 5.91 Å². The van der Waals surface area contributed by atoms with E-state index in [1.54, 1.807) is 18.2 Å². The van der Waals surface area contributed by atoms with Crippen LogP contribution in [0.1, 0.15) is 48.0 Å². The maximum Gasteiger partial charge on any atom is 0.416 e. The number of anilines is 2. The molecule has 2 aliphatic rings. The van der Waals surface area contributed by atoms with Crippen molar-refractivity contribution in [2.45, 2.75) is 56.4 Å². The van der Waals surface area contributed by atoms with Gasteiger partial charge < -0.3 is 26.0 Å². The van der Waals surface area contributed by atoms with Crippen molar-refractivity contribution in [1.29, 1.82) is 0 Å². The van der Waals surface area contributed by atoms with Crippen LogP contribution in [0.2, 0.25) is 0 Å². The van der Waals surface area contributed by atoms with Gasteiger partial charge in [0.15, 0.2) is 0 Å². The summed E-state index contributed by atoms with van der Waals surface area (Å²) in [6, 6.07) is 10.8. The maximum absolute atomic E-state index is 13.0. The summed E-state index contributed by atoms with van der Waals surface area (Å²) in [7, 11) is 0. The van der Waals surface area contributed by atoms with E-state index in [4.69, 9.17) is 0 Å². The normalized spacial score (nSPS) is 21.1. The van der Waals surface area contributed by atoms with Crippen molar-refractivity contribution in [1.82, 2.24) is 15.5 Å². The zero-order valence-corrected chi connectivity index (χ0v) is 19.3. The van der Waals surface area contributed by atoms with E-state index in [9.17, 15) is 32.7 Å². The van der Waals surface area contributed by atoms with E-state index in [0.29, 0.717) is 18.5 Å². The molecule has 8 nitrogen and oxygen atoms in total. The van der Waals surface area contributed by atoms with Crippen molar-refractivity contribution < 1.29 is 32.7 Å². The minimum atomic E-state index is -4.48. The average Bonchev–Trinajstić information content (AvgIpc) is 3.10. The fourth-order valence-corrected chi connectivity index (χ4v) is 5.01. The highest BCUT2D eigenvalue weighted by atomic mass is 19.4. The second kappa shape index (κ2) is 10.5. The van der Waals surface area contributed by atoms with Crippen LogP contribution in [0, 0.1) is 0 Å². The molecule has 192 valence electrons. The number of alkyl halides is 3. The summed E-state index contributed by atoms with van der Waals surface area (Å²) >= 11 is 0. The minimum Gasteiger partial charge on any atom is -0.465 e. The molecule has 0 aromatic heterocycles. The Kier molecular flexibility index (Phi) is 7.37. The SMILES string of the molecule is O=C(CCNC(=O)c1ccccc1Nc1cccc(C(F)(F)F)c1)NC1C[C@H]2CC[C@@H](C1)N2C(=O)O. The van der Waals surface area contributed by atoms with Crippen molar-refractivity contribution in [3.05, 3.63) is 59.7 Å². The molecular weight excluding hydrogens is 477 g/mol. The Labute approximate surface area is 205 Å².